The van der Waals surface area contributed by atoms with Crippen LogP contribution in [0.2, 0.25) is 0 Å². The van der Waals surface area contributed by atoms with E-state index in [2.05, 4.69) is 53.5 Å². The number of rotatable bonds is 18. The number of ether oxygens (including phenoxy) is 4. The Morgan fingerprint density at radius 2 is 1.59 bits per heavy atom. The van der Waals surface area contributed by atoms with Crippen LogP contribution < -0.4 is 15.4 Å². The van der Waals surface area contributed by atoms with E-state index in [1.54, 1.807) is 0 Å². The van der Waals surface area contributed by atoms with Crippen LogP contribution in [0.1, 0.15) is 45.7 Å². The van der Waals surface area contributed by atoms with Gasteiger partial charge < -0.3 is 29.6 Å². The fourth-order valence-corrected chi connectivity index (χ4v) is 3.46. The summed E-state index contributed by atoms with van der Waals surface area (Å²) in [6.45, 7) is 14.3. The van der Waals surface area contributed by atoms with Gasteiger partial charge in [-0.15, -0.1) is 5.11 Å². The predicted molar refractivity (Wildman–Crippen MR) is 162 cm³/mol. The SMILES string of the molecule is CCc1ccc(OCCOCCOCCNC(C)C)c(/N=N/c2ccc(CCOC(=O)NCC#CC(C)C)cc2)c1. The third kappa shape index (κ3) is 15.8. The summed E-state index contributed by atoms with van der Waals surface area (Å²) in [6, 6.07) is 14.1. The number of amides is 1. The molecule has 0 heterocycles. The van der Waals surface area contributed by atoms with Crippen molar-refractivity contribution < 1.29 is 23.7 Å². The fourth-order valence-electron chi connectivity index (χ4n) is 3.46. The maximum Gasteiger partial charge on any atom is 0.407 e. The van der Waals surface area contributed by atoms with Crippen LogP contribution in [0.15, 0.2) is 52.7 Å². The number of benzene rings is 2. The van der Waals surface area contributed by atoms with Gasteiger partial charge in [0.25, 0.3) is 0 Å². The molecule has 0 saturated carbocycles. The Hall–Kier alpha value is -3.45. The van der Waals surface area contributed by atoms with Gasteiger partial charge in [-0.25, -0.2) is 4.79 Å². The maximum absolute atomic E-state index is 11.7. The van der Waals surface area contributed by atoms with E-state index in [1.807, 2.05) is 56.3 Å². The monoisotopic (exact) mass is 566 g/mol. The number of nitrogens with zero attached hydrogens (tertiary/aromatic N) is 2. The highest BCUT2D eigenvalue weighted by Crippen LogP contribution is 2.31. The highest BCUT2D eigenvalue weighted by Gasteiger charge is 2.06. The van der Waals surface area contributed by atoms with E-state index in [1.165, 1.54) is 0 Å². The summed E-state index contributed by atoms with van der Waals surface area (Å²) in [5.41, 5.74) is 3.58. The van der Waals surface area contributed by atoms with Crippen LogP contribution in [0.5, 0.6) is 5.75 Å². The molecule has 2 N–H and O–H groups in total. The lowest BCUT2D eigenvalue weighted by molar-refractivity contribution is 0.0370. The molecule has 9 nitrogen and oxygen atoms in total. The van der Waals surface area contributed by atoms with Crippen molar-refractivity contribution in [1.29, 1.82) is 0 Å². The Morgan fingerprint density at radius 1 is 0.878 bits per heavy atom. The molecule has 2 rings (SSSR count). The molecule has 2 aromatic carbocycles. The molecule has 0 saturated heterocycles. The molecule has 0 aliphatic carbocycles. The van der Waals surface area contributed by atoms with E-state index in [9.17, 15) is 4.79 Å². The number of alkyl carbamates (subject to hydrolysis) is 1. The van der Waals surface area contributed by atoms with Crippen LogP contribution >= 0.6 is 0 Å². The number of nitrogens with one attached hydrogen (secondary N) is 2. The quantitative estimate of drug-likeness (QED) is 0.130. The zero-order valence-corrected chi connectivity index (χ0v) is 25.2. The molecule has 0 bridgehead atoms. The van der Waals surface area contributed by atoms with Crippen molar-refractivity contribution in [3.05, 3.63) is 53.6 Å². The van der Waals surface area contributed by atoms with Gasteiger partial charge in [0, 0.05) is 24.9 Å². The number of hydrogen-bond donors (Lipinski definition) is 2. The van der Waals surface area contributed by atoms with Gasteiger partial charge in [-0.3, -0.25) is 0 Å². The number of aryl methyl sites for hydroxylation is 1. The molecule has 2 aromatic rings. The second-order valence-electron chi connectivity index (χ2n) is 9.92. The lowest BCUT2D eigenvalue weighted by Gasteiger charge is -2.11. The Kier molecular flexibility index (Phi) is 16.8. The summed E-state index contributed by atoms with van der Waals surface area (Å²) >= 11 is 0. The third-order valence-corrected chi connectivity index (χ3v) is 5.63. The molecule has 41 heavy (non-hydrogen) atoms. The molecule has 0 spiro atoms. The Morgan fingerprint density at radius 3 is 2.29 bits per heavy atom. The molecule has 0 aliphatic heterocycles. The molecule has 0 aromatic heterocycles. The highest BCUT2D eigenvalue weighted by molar-refractivity contribution is 5.67. The average Bonchev–Trinajstić information content (AvgIpc) is 2.96. The molecule has 0 fully saturated rings. The molecule has 9 heteroatoms. The standard InChI is InChI=1S/C32H46N4O5/c1-6-27-11-14-31(40-23-22-39-21-20-38-19-17-33-26(4)5)30(24-27)36-35-29-12-9-28(10-13-29)15-18-41-32(37)34-16-7-8-25(2)3/h9-14,24-26,33H,6,15-23H2,1-5H3,(H,34,37)/b36-35+. The largest absolute Gasteiger partial charge is 0.489 e. The average molecular weight is 567 g/mol. The summed E-state index contributed by atoms with van der Waals surface area (Å²) in [7, 11) is 0. The second-order valence-corrected chi connectivity index (χ2v) is 9.92. The number of hydrogen-bond acceptors (Lipinski definition) is 8. The summed E-state index contributed by atoms with van der Waals surface area (Å²) in [6.07, 6.45) is 1.02. The minimum absolute atomic E-state index is 0.274. The van der Waals surface area contributed by atoms with E-state index in [-0.39, 0.29) is 19.1 Å². The Balaban J connectivity index is 1.76. The van der Waals surface area contributed by atoms with E-state index in [0.717, 1.165) is 29.8 Å². The molecule has 1 amide bonds. The predicted octanol–water partition coefficient (Wildman–Crippen LogP) is 6.00. The first-order valence-electron chi connectivity index (χ1n) is 14.4. The first kappa shape index (κ1) is 33.8. The first-order valence-corrected chi connectivity index (χ1v) is 14.4. The van der Waals surface area contributed by atoms with E-state index in [4.69, 9.17) is 18.9 Å². The smallest absolute Gasteiger partial charge is 0.407 e. The van der Waals surface area contributed by atoms with Gasteiger partial charge >= 0.3 is 6.09 Å². The van der Waals surface area contributed by atoms with Crippen molar-refractivity contribution in [1.82, 2.24) is 10.6 Å². The molecule has 0 aliphatic rings. The number of carbonyl (C=O) groups excluding carboxylic acids is 1. The molecule has 0 atom stereocenters. The van der Waals surface area contributed by atoms with Crippen molar-refractivity contribution in [3.8, 4) is 17.6 Å². The van der Waals surface area contributed by atoms with Gasteiger partial charge in [0.05, 0.1) is 45.3 Å². The molecule has 0 radical (unpaired) electrons. The summed E-state index contributed by atoms with van der Waals surface area (Å²) in [4.78, 5) is 11.7. The van der Waals surface area contributed by atoms with Gasteiger partial charge in [0.1, 0.15) is 18.0 Å². The zero-order valence-electron chi connectivity index (χ0n) is 25.2. The van der Waals surface area contributed by atoms with Crippen molar-refractivity contribution in [2.75, 3.05) is 52.7 Å². The third-order valence-electron chi connectivity index (χ3n) is 5.63. The van der Waals surface area contributed by atoms with Gasteiger partial charge in [0.2, 0.25) is 0 Å². The first-order chi connectivity index (χ1) is 19.9. The fraction of sp³-hybridized carbons (Fsp3) is 0.531. The van der Waals surface area contributed by atoms with Crippen LogP contribution in [0.3, 0.4) is 0 Å². The molecule has 224 valence electrons. The maximum atomic E-state index is 11.7. The summed E-state index contributed by atoms with van der Waals surface area (Å²) < 4.78 is 22.3. The van der Waals surface area contributed by atoms with Crippen molar-refractivity contribution >= 4 is 17.5 Å². The Labute approximate surface area is 245 Å². The lowest BCUT2D eigenvalue weighted by Crippen LogP contribution is -2.27. The normalized spacial score (nSPS) is 11.1. The van der Waals surface area contributed by atoms with Crippen molar-refractivity contribution in [3.63, 3.8) is 0 Å². The highest BCUT2D eigenvalue weighted by atomic mass is 16.6. The number of carbonyl (C=O) groups is 1. The van der Waals surface area contributed by atoms with Crippen molar-refractivity contribution in [2.24, 2.45) is 16.1 Å². The van der Waals surface area contributed by atoms with Crippen LogP contribution in [0.25, 0.3) is 0 Å². The minimum Gasteiger partial charge on any atom is -0.489 e. The van der Waals surface area contributed by atoms with E-state index < -0.39 is 6.09 Å². The van der Waals surface area contributed by atoms with E-state index >= 15 is 0 Å². The van der Waals surface area contributed by atoms with Gasteiger partial charge in [-0.1, -0.05) is 64.7 Å². The van der Waals surface area contributed by atoms with Crippen LogP contribution in [0.4, 0.5) is 16.2 Å². The molecule has 0 unspecified atom stereocenters. The van der Waals surface area contributed by atoms with Crippen molar-refractivity contribution in [2.45, 2.75) is 53.5 Å². The molecular formula is C32H46N4O5. The van der Waals surface area contributed by atoms with Gasteiger partial charge in [0.15, 0.2) is 0 Å². The zero-order chi connectivity index (χ0) is 29.7. The van der Waals surface area contributed by atoms with Gasteiger partial charge in [-0.2, -0.15) is 5.11 Å². The minimum atomic E-state index is -0.466. The number of azo groups is 1. The van der Waals surface area contributed by atoms with Gasteiger partial charge in [-0.05, 0) is 41.8 Å². The summed E-state index contributed by atoms with van der Waals surface area (Å²) in [5, 5.41) is 14.8. The Bertz CT molecular complexity index is 1110. The van der Waals surface area contributed by atoms with Crippen LogP contribution in [-0.2, 0) is 27.1 Å². The molecular weight excluding hydrogens is 520 g/mol. The topological polar surface area (TPSA) is 103 Å². The van der Waals surface area contributed by atoms with Crippen LogP contribution in [-0.4, -0.2) is 64.9 Å². The van der Waals surface area contributed by atoms with Crippen LogP contribution in [0, 0.1) is 17.8 Å². The lowest BCUT2D eigenvalue weighted by atomic mass is 10.1. The van der Waals surface area contributed by atoms with E-state index in [0.29, 0.717) is 56.9 Å². The second kappa shape index (κ2) is 20.4. The summed E-state index contributed by atoms with van der Waals surface area (Å²) in [5.74, 6) is 6.81.